The molecule has 2 amide bonds. The third kappa shape index (κ3) is 4.46. The van der Waals surface area contributed by atoms with Gasteiger partial charge in [-0.3, -0.25) is 20.4 Å². The number of hydrazine groups is 1. The molecule has 2 N–H and O–H groups in total. The molecule has 0 aliphatic carbocycles. The van der Waals surface area contributed by atoms with Crippen molar-refractivity contribution in [3.05, 3.63) is 64.0 Å². The molecule has 5 nitrogen and oxygen atoms in total. The number of amides is 2. The fourth-order valence-corrected chi connectivity index (χ4v) is 4.04. The summed E-state index contributed by atoms with van der Waals surface area (Å²) in [7, 11) is 0. The van der Waals surface area contributed by atoms with Crippen LogP contribution in [0.2, 0.25) is 5.02 Å². The van der Waals surface area contributed by atoms with Crippen molar-refractivity contribution in [1.82, 2.24) is 10.9 Å². The second kappa shape index (κ2) is 8.63. The Kier molecular flexibility index (Phi) is 6.21. The molecule has 0 saturated carbocycles. The molecule has 0 aliphatic rings. The minimum atomic E-state index is -0.775. The standard InChI is InChI=1S/C21H21ClN2O3S/c1-12(2)14-8-10-15(11-9-14)27-13(3)20(25)23-24-21(26)19-18(22)16-6-4-5-7-17(16)28-19/h4-13H,1-3H3,(H,23,25)(H,24,26). The Morgan fingerprint density at radius 1 is 1.00 bits per heavy atom. The van der Waals surface area contributed by atoms with Gasteiger partial charge in [0.15, 0.2) is 6.10 Å². The third-order valence-electron chi connectivity index (χ3n) is 4.27. The van der Waals surface area contributed by atoms with Crippen LogP contribution in [-0.4, -0.2) is 17.9 Å². The topological polar surface area (TPSA) is 67.4 Å². The van der Waals surface area contributed by atoms with Crippen molar-refractivity contribution in [3.63, 3.8) is 0 Å². The first-order chi connectivity index (χ1) is 13.4. The van der Waals surface area contributed by atoms with Crippen molar-refractivity contribution in [2.75, 3.05) is 0 Å². The fourth-order valence-electron chi connectivity index (χ4n) is 2.63. The maximum atomic E-state index is 12.4. The van der Waals surface area contributed by atoms with Crippen LogP contribution in [-0.2, 0) is 4.79 Å². The summed E-state index contributed by atoms with van der Waals surface area (Å²) in [6.45, 7) is 5.83. The van der Waals surface area contributed by atoms with Gasteiger partial charge in [0.25, 0.3) is 11.8 Å². The van der Waals surface area contributed by atoms with Crippen LogP contribution < -0.4 is 15.6 Å². The lowest BCUT2D eigenvalue weighted by molar-refractivity contribution is -0.128. The number of carbonyl (C=O) groups excluding carboxylic acids is 2. The van der Waals surface area contributed by atoms with E-state index in [9.17, 15) is 9.59 Å². The van der Waals surface area contributed by atoms with Crippen LogP contribution in [0.3, 0.4) is 0 Å². The molecule has 0 fully saturated rings. The van der Waals surface area contributed by atoms with Crippen LogP contribution in [0.1, 0.15) is 41.9 Å². The van der Waals surface area contributed by atoms with E-state index in [1.54, 1.807) is 6.92 Å². The number of rotatable bonds is 5. The summed E-state index contributed by atoms with van der Waals surface area (Å²) in [5.41, 5.74) is 5.98. The number of hydrogen-bond donors (Lipinski definition) is 2. The highest BCUT2D eigenvalue weighted by atomic mass is 35.5. The van der Waals surface area contributed by atoms with Gasteiger partial charge in [-0.05, 0) is 36.6 Å². The van der Waals surface area contributed by atoms with Crippen molar-refractivity contribution in [2.45, 2.75) is 32.8 Å². The Bertz CT molecular complexity index is 999. The van der Waals surface area contributed by atoms with Gasteiger partial charge in [0.2, 0.25) is 0 Å². The van der Waals surface area contributed by atoms with E-state index in [1.165, 1.54) is 16.9 Å². The predicted molar refractivity (Wildman–Crippen MR) is 113 cm³/mol. The molecule has 0 saturated heterocycles. The van der Waals surface area contributed by atoms with Gasteiger partial charge < -0.3 is 4.74 Å². The molecule has 7 heteroatoms. The molecular weight excluding hydrogens is 396 g/mol. The van der Waals surface area contributed by atoms with Crippen LogP contribution in [0, 0.1) is 0 Å². The van der Waals surface area contributed by atoms with Crippen LogP contribution in [0.25, 0.3) is 10.1 Å². The zero-order valence-electron chi connectivity index (χ0n) is 15.8. The monoisotopic (exact) mass is 416 g/mol. The van der Waals surface area contributed by atoms with Gasteiger partial charge in [-0.25, -0.2) is 0 Å². The maximum absolute atomic E-state index is 12.4. The molecule has 2 aromatic carbocycles. The molecule has 1 atom stereocenters. The first kappa shape index (κ1) is 20.2. The molecule has 0 radical (unpaired) electrons. The minimum absolute atomic E-state index is 0.348. The molecular formula is C21H21ClN2O3S. The summed E-state index contributed by atoms with van der Waals surface area (Å²) < 4.78 is 6.54. The highest BCUT2D eigenvalue weighted by Gasteiger charge is 2.19. The van der Waals surface area contributed by atoms with Gasteiger partial charge >= 0.3 is 0 Å². The number of carbonyl (C=O) groups is 2. The Hall–Kier alpha value is -2.57. The van der Waals surface area contributed by atoms with Crippen LogP contribution in [0.15, 0.2) is 48.5 Å². The Balaban J connectivity index is 1.58. The molecule has 1 aromatic heterocycles. The second-order valence-corrected chi connectivity index (χ2v) is 8.10. The largest absolute Gasteiger partial charge is 0.481 e. The number of hydrogen-bond acceptors (Lipinski definition) is 4. The van der Waals surface area contributed by atoms with Crippen molar-refractivity contribution in [3.8, 4) is 5.75 Å². The number of thiophene rings is 1. The van der Waals surface area contributed by atoms with Crippen LogP contribution in [0.4, 0.5) is 0 Å². The van der Waals surface area contributed by atoms with E-state index in [4.69, 9.17) is 16.3 Å². The third-order valence-corrected chi connectivity index (χ3v) is 5.94. The van der Waals surface area contributed by atoms with Crippen molar-refractivity contribution >= 4 is 44.8 Å². The van der Waals surface area contributed by atoms with Gasteiger partial charge in [0, 0.05) is 10.1 Å². The molecule has 0 spiro atoms. The molecule has 0 aliphatic heterocycles. The van der Waals surface area contributed by atoms with E-state index in [0.29, 0.717) is 21.6 Å². The average Bonchev–Trinajstić information content (AvgIpc) is 3.03. The molecule has 0 bridgehead atoms. The van der Waals surface area contributed by atoms with Gasteiger partial charge in [-0.2, -0.15) is 0 Å². The SMILES string of the molecule is CC(Oc1ccc(C(C)C)cc1)C(=O)NNC(=O)c1sc2ccccc2c1Cl. The second-order valence-electron chi connectivity index (χ2n) is 6.67. The van der Waals surface area contributed by atoms with E-state index in [-0.39, 0.29) is 0 Å². The first-order valence-electron chi connectivity index (χ1n) is 8.90. The summed E-state index contributed by atoms with van der Waals surface area (Å²) in [4.78, 5) is 25.0. The summed E-state index contributed by atoms with van der Waals surface area (Å²) in [5.74, 6) is 0.0863. The van der Waals surface area contributed by atoms with Gasteiger partial charge in [0.1, 0.15) is 10.6 Å². The van der Waals surface area contributed by atoms with Gasteiger partial charge in [-0.15, -0.1) is 11.3 Å². The number of halogens is 1. The normalized spacial score (nSPS) is 12.0. The fraction of sp³-hybridized carbons (Fsp3) is 0.238. The zero-order valence-corrected chi connectivity index (χ0v) is 17.4. The highest BCUT2D eigenvalue weighted by molar-refractivity contribution is 7.21. The summed E-state index contributed by atoms with van der Waals surface area (Å²) in [6.07, 6.45) is -0.775. The van der Waals surface area contributed by atoms with Crippen molar-refractivity contribution in [2.24, 2.45) is 0 Å². The average molecular weight is 417 g/mol. The zero-order chi connectivity index (χ0) is 20.3. The lowest BCUT2D eigenvalue weighted by Crippen LogP contribution is -2.47. The smallest absolute Gasteiger partial charge is 0.281 e. The molecule has 146 valence electrons. The number of ether oxygens (including phenoxy) is 1. The quantitative estimate of drug-likeness (QED) is 0.581. The Labute approximate surface area is 172 Å². The molecule has 1 unspecified atom stereocenters. The number of nitrogens with one attached hydrogen (secondary N) is 2. The maximum Gasteiger partial charge on any atom is 0.281 e. The Morgan fingerprint density at radius 2 is 1.68 bits per heavy atom. The molecule has 3 rings (SSSR count). The summed E-state index contributed by atoms with van der Waals surface area (Å²) in [5, 5.41) is 1.19. The molecule has 28 heavy (non-hydrogen) atoms. The van der Waals surface area contributed by atoms with E-state index in [1.807, 2.05) is 48.5 Å². The van der Waals surface area contributed by atoms with Crippen LogP contribution in [0.5, 0.6) is 5.75 Å². The molecule has 3 aromatic rings. The predicted octanol–water partition coefficient (Wildman–Crippen LogP) is 4.91. The first-order valence-corrected chi connectivity index (χ1v) is 10.1. The van der Waals surface area contributed by atoms with Crippen molar-refractivity contribution < 1.29 is 14.3 Å². The minimum Gasteiger partial charge on any atom is -0.481 e. The lowest BCUT2D eigenvalue weighted by atomic mass is 10.0. The number of benzene rings is 2. The van der Waals surface area contributed by atoms with Gasteiger partial charge in [-0.1, -0.05) is 55.8 Å². The summed E-state index contributed by atoms with van der Waals surface area (Å²) >= 11 is 7.56. The van der Waals surface area contributed by atoms with Crippen molar-refractivity contribution in [1.29, 1.82) is 0 Å². The number of fused-ring (bicyclic) bond motifs is 1. The van der Waals surface area contributed by atoms with E-state index in [0.717, 1.165) is 10.1 Å². The van der Waals surface area contributed by atoms with Crippen LogP contribution >= 0.6 is 22.9 Å². The lowest BCUT2D eigenvalue weighted by Gasteiger charge is -2.15. The summed E-state index contributed by atoms with van der Waals surface area (Å²) in [6, 6.07) is 15.1. The Morgan fingerprint density at radius 3 is 2.32 bits per heavy atom. The highest BCUT2D eigenvalue weighted by Crippen LogP contribution is 2.34. The van der Waals surface area contributed by atoms with E-state index >= 15 is 0 Å². The van der Waals surface area contributed by atoms with E-state index < -0.39 is 17.9 Å². The van der Waals surface area contributed by atoms with E-state index in [2.05, 4.69) is 24.7 Å². The molecule has 1 heterocycles. The van der Waals surface area contributed by atoms with Gasteiger partial charge in [0.05, 0.1) is 5.02 Å².